The van der Waals surface area contributed by atoms with Crippen molar-refractivity contribution in [2.24, 2.45) is 0 Å². The lowest BCUT2D eigenvalue weighted by molar-refractivity contribution is 0.0919. The van der Waals surface area contributed by atoms with E-state index in [2.05, 4.69) is 15.7 Å². The molecule has 0 spiro atoms. The smallest absolute Gasteiger partial charge is 0.272 e. The van der Waals surface area contributed by atoms with Crippen LogP contribution in [-0.2, 0) is 0 Å². The quantitative estimate of drug-likeness (QED) is 0.711. The molecule has 1 saturated heterocycles. The van der Waals surface area contributed by atoms with Crippen LogP contribution in [0, 0.1) is 18.6 Å². The first-order valence-corrected chi connectivity index (χ1v) is 9.61. The number of aryl methyl sites for hydroxylation is 1. The second kappa shape index (κ2) is 8.13. The van der Waals surface area contributed by atoms with Gasteiger partial charge in [0.2, 0.25) is 0 Å². The fourth-order valence-corrected chi connectivity index (χ4v) is 3.81. The van der Waals surface area contributed by atoms with E-state index in [-0.39, 0.29) is 17.9 Å². The largest absolute Gasteiger partial charge is 0.346 e. The van der Waals surface area contributed by atoms with Gasteiger partial charge in [-0.2, -0.15) is 5.10 Å². The lowest BCUT2D eigenvalue weighted by Crippen LogP contribution is -2.50. The second-order valence-corrected chi connectivity index (χ2v) is 7.27. The number of benzene rings is 2. The topological polar surface area (TPSA) is 59.0 Å². The van der Waals surface area contributed by atoms with E-state index in [0.717, 1.165) is 24.0 Å². The molecule has 7 heteroatoms. The molecule has 2 heterocycles. The van der Waals surface area contributed by atoms with Gasteiger partial charge in [0, 0.05) is 24.2 Å². The summed E-state index contributed by atoms with van der Waals surface area (Å²) in [5.74, 6) is -2.13. The van der Waals surface area contributed by atoms with Crippen LogP contribution >= 0.6 is 0 Å². The molecule has 0 aliphatic carbocycles. The zero-order valence-electron chi connectivity index (χ0n) is 16.0. The number of halogens is 2. The zero-order chi connectivity index (χ0) is 20.4. The highest BCUT2D eigenvalue weighted by Gasteiger charge is 2.29. The van der Waals surface area contributed by atoms with Gasteiger partial charge in [0.1, 0.15) is 0 Å². The van der Waals surface area contributed by atoms with Crippen molar-refractivity contribution < 1.29 is 13.6 Å². The van der Waals surface area contributed by atoms with Gasteiger partial charge < -0.3 is 10.6 Å². The summed E-state index contributed by atoms with van der Waals surface area (Å²) in [6.45, 7) is 3.19. The molecule has 0 bridgehead atoms. The Balaban J connectivity index is 1.54. The molecule has 29 heavy (non-hydrogen) atoms. The van der Waals surface area contributed by atoms with E-state index < -0.39 is 11.6 Å². The van der Waals surface area contributed by atoms with Gasteiger partial charge in [-0.3, -0.25) is 4.79 Å². The summed E-state index contributed by atoms with van der Waals surface area (Å²) < 4.78 is 28.7. The minimum Gasteiger partial charge on any atom is -0.346 e. The predicted octanol–water partition coefficient (Wildman–Crippen LogP) is 3.33. The van der Waals surface area contributed by atoms with Crippen LogP contribution in [-0.4, -0.2) is 34.8 Å². The zero-order valence-corrected chi connectivity index (χ0v) is 16.0. The molecule has 4 rings (SSSR count). The van der Waals surface area contributed by atoms with E-state index in [1.807, 2.05) is 37.3 Å². The van der Waals surface area contributed by atoms with Gasteiger partial charge in [-0.25, -0.2) is 13.5 Å². The summed E-state index contributed by atoms with van der Waals surface area (Å²) in [5.41, 5.74) is 2.73. The number of piperidine rings is 1. The maximum atomic E-state index is 13.7. The molecule has 1 aliphatic heterocycles. The third-order valence-corrected chi connectivity index (χ3v) is 5.29. The number of aromatic nitrogens is 2. The lowest BCUT2D eigenvalue weighted by atomic mass is 9.86. The molecule has 0 saturated carbocycles. The van der Waals surface area contributed by atoms with Crippen molar-refractivity contribution >= 4 is 5.91 Å². The minimum absolute atomic E-state index is 0.104. The van der Waals surface area contributed by atoms with E-state index in [0.29, 0.717) is 24.2 Å². The van der Waals surface area contributed by atoms with Gasteiger partial charge in [-0.1, -0.05) is 24.3 Å². The van der Waals surface area contributed by atoms with Crippen molar-refractivity contribution in [2.75, 3.05) is 13.1 Å². The van der Waals surface area contributed by atoms with Crippen LogP contribution in [0.2, 0.25) is 0 Å². The van der Waals surface area contributed by atoms with Crippen LogP contribution in [0.3, 0.4) is 0 Å². The molecule has 2 atom stereocenters. The minimum atomic E-state index is -0.872. The van der Waals surface area contributed by atoms with Crippen molar-refractivity contribution in [3.8, 4) is 5.69 Å². The molecule has 2 aromatic carbocycles. The van der Waals surface area contributed by atoms with Gasteiger partial charge in [-0.05, 0) is 55.8 Å². The number of carbonyl (C=O) groups is 1. The number of carbonyl (C=O) groups excluding carboxylic acids is 1. The van der Waals surface area contributed by atoms with Crippen LogP contribution in [0.1, 0.15) is 34.1 Å². The fraction of sp³-hybridized carbons (Fsp3) is 0.273. The average molecular weight is 396 g/mol. The molecule has 3 aromatic rings. The third kappa shape index (κ3) is 4.05. The SMILES string of the molecule is Cc1cc(C(=O)N[C@@H]2CNCC[C@@H]2c2ccc(F)c(F)c2)nn1-c1ccccc1. The first kappa shape index (κ1) is 19.3. The van der Waals surface area contributed by atoms with Crippen molar-refractivity contribution in [3.05, 3.63) is 83.2 Å². The number of hydrogen-bond donors (Lipinski definition) is 2. The van der Waals surface area contributed by atoms with Crippen molar-refractivity contribution in [1.29, 1.82) is 0 Å². The summed E-state index contributed by atoms with van der Waals surface area (Å²) in [6.07, 6.45) is 0.716. The molecule has 2 N–H and O–H groups in total. The maximum absolute atomic E-state index is 13.7. The Morgan fingerprint density at radius 2 is 1.93 bits per heavy atom. The molecule has 0 unspecified atom stereocenters. The third-order valence-electron chi connectivity index (χ3n) is 5.29. The Labute approximate surface area is 167 Å². The van der Waals surface area contributed by atoms with E-state index in [1.54, 1.807) is 16.8 Å². The first-order chi connectivity index (χ1) is 14.0. The normalized spacial score (nSPS) is 19.1. The molecule has 0 radical (unpaired) electrons. The molecule has 1 fully saturated rings. The standard InChI is InChI=1S/C22H22F2N4O/c1-14-11-20(27-28(14)16-5-3-2-4-6-16)22(29)26-21-13-25-10-9-17(21)15-7-8-18(23)19(24)12-15/h2-8,11-12,17,21,25H,9-10,13H2,1H3,(H,26,29)/t17-,21-/m1/s1. The van der Waals surface area contributed by atoms with Crippen molar-refractivity contribution in [3.63, 3.8) is 0 Å². The van der Waals surface area contributed by atoms with Crippen LogP contribution < -0.4 is 10.6 Å². The Hall–Kier alpha value is -3.06. The number of para-hydroxylation sites is 1. The highest BCUT2D eigenvalue weighted by molar-refractivity contribution is 5.92. The Kier molecular flexibility index (Phi) is 5.40. The highest BCUT2D eigenvalue weighted by atomic mass is 19.2. The van der Waals surface area contributed by atoms with E-state index in [9.17, 15) is 13.6 Å². The van der Waals surface area contributed by atoms with Crippen LogP contribution in [0.25, 0.3) is 5.69 Å². The number of amides is 1. The van der Waals surface area contributed by atoms with Crippen molar-refractivity contribution in [1.82, 2.24) is 20.4 Å². The van der Waals surface area contributed by atoms with Gasteiger partial charge in [0.05, 0.1) is 5.69 Å². The second-order valence-electron chi connectivity index (χ2n) is 7.27. The van der Waals surface area contributed by atoms with Gasteiger partial charge >= 0.3 is 0 Å². The van der Waals surface area contributed by atoms with Gasteiger partial charge in [-0.15, -0.1) is 0 Å². The van der Waals surface area contributed by atoms with E-state index in [4.69, 9.17) is 0 Å². The molecular formula is C22H22F2N4O. The molecule has 1 aromatic heterocycles. The molecule has 1 amide bonds. The fourth-order valence-electron chi connectivity index (χ4n) is 3.81. The van der Waals surface area contributed by atoms with E-state index in [1.165, 1.54) is 6.07 Å². The highest BCUT2D eigenvalue weighted by Crippen LogP contribution is 2.27. The summed E-state index contributed by atoms with van der Waals surface area (Å²) in [6, 6.07) is 15.0. The number of rotatable bonds is 4. The molecule has 5 nitrogen and oxygen atoms in total. The average Bonchev–Trinajstić information content (AvgIpc) is 3.13. The van der Waals surface area contributed by atoms with Crippen LogP contribution in [0.4, 0.5) is 8.78 Å². The predicted molar refractivity (Wildman–Crippen MR) is 106 cm³/mol. The van der Waals surface area contributed by atoms with Crippen LogP contribution in [0.15, 0.2) is 54.6 Å². The Bertz CT molecular complexity index is 1020. The van der Waals surface area contributed by atoms with Crippen LogP contribution in [0.5, 0.6) is 0 Å². The Morgan fingerprint density at radius 3 is 2.69 bits per heavy atom. The monoisotopic (exact) mass is 396 g/mol. The summed E-state index contributed by atoms with van der Waals surface area (Å²) in [5, 5.41) is 10.7. The first-order valence-electron chi connectivity index (χ1n) is 9.61. The summed E-state index contributed by atoms with van der Waals surface area (Å²) >= 11 is 0. The maximum Gasteiger partial charge on any atom is 0.272 e. The van der Waals surface area contributed by atoms with E-state index >= 15 is 0 Å². The number of hydrogen-bond acceptors (Lipinski definition) is 3. The number of nitrogens with zero attached hydrogens (tertiary/aromatic N) is 2. The summed E-state index contributed by atoms with van der Waals surface area (Å²) in [7, 11) is 0. The molecule has 150 valence electrons. The Morgan fingerprint density at radius 1 is 1.14 bits per heavy atom. The molecular weight excluding hydrogens is 374 g/mol. The lowest BCUT2D eigenvalue weighted by Gasteiger charge is -2.33. The molecule has 1 aliphatic rings. The number of nitrogens with one attached hydrogen (secondary N) is 2. The van der Waals surface area contributed by atoms with Gasteiger partial charge in [0.25, 0.3) is 5.91 Å². The summed E-state index contributed by atoms with van der Waals surface area (Å²) in [4.78, 5) is 12.9. The van der Waals surface area contributed by atoms with Crippen molar-refractivity contribution in [2.45, 2.75) is 25.3 Å². The van der Waals surface area contributed by atoms with Gasteiger partial charge in [0.15, 0.2) is 17.3 Å².